The first-order valence-corrected chi connectivity index (χ1v) is 18.4. The van der Waals surface area contributed by atoms with Gasteiger partial charge in [-0.2, -0.15) is 0 Å². The van der Waals surface area contributed by atoms with Crippen molar-refractivity contribution in [3.8, 4) is 0 Å². The van der Waals surface area contributed by atoms with E-state index in [4.69, 9.17) is 17.2 Å². The zero-order chi connectivity index (χ0) is 38.3. The number of hydrogen-bond donors (Lipinski definition) is 5. The van der Waals surface area contributed by atoms with Crippen LogP contribution in [0.25, 0.3) is 0 Å². The number of rotatable bonds is 3. The zero-order valence-electron chi connectivity index (χ0n) is 30.4. The third-order valence-corrected chi connectivity index (χ3v) is 11.1. The van der Waals surface area contributed by atoms with Crippen LogP contribution in [0.1, 0.15) is 81.5 Å². The van der Waals surface area contributed by atoms with Crippen molar-refractivity contribution in [3.05, 3.63) is 118 Å². The molecule has 0 bridgehead atoms. The standard InChI is InChI=1S/C21H23FN4O2.C14H16FNO.C6H9N3/c22-16-3-2-15-10-21(11-18(27)17(15)9-16)5-7-26(8-6-21)20(28)25-13-14-1-4-19(23)24-12-14;15-11-2-1-10-8-14(3-5-16-6-4-14)9-13(17)12(10)7-11;7-3-5-1-2-6(8)9-4-5/h1-4,9,12H,5-8,10-11,13H2,(H2,23,24)(H,25,28);1-2,7,16H,3-6,8-9H2;1-2,4H,3,7H2,(H2,8,9). The highest BCUT2D eigenvalue weighted by Crippen LogP contribution is 2.44. The van der Waals surface area contributed by atoms with E-state index in [1.165, 1.54) is 24.3 Å². The number of amides is 2. The maximum atomic E-state index is 13.4. The van der Waals surface area contributed by atoms with Crippen LogP contribution in [0.3, 0.4) is 0 Å². The molecule has 13 heteroatoms. The van der Waals surface area contributed by atoms with Crippen molar-refractivity contribution < 1.29 is 23.2 Å². The summed E-state index contributed by atoms with van der Waals surface area (Å²) in [5.74, 6) is 0.432. The smallest absolute Gasteiger partial charge is 0.317 e. The first-order valence-electron chi connectivity index (χ1n) is 18.4. The van der Waals surface area contributed by atoms with Gasteiger partial charge in [-0.3, -0.25) is 9.59 Å². The second-order valence-corrected chi connectivity index (χ2v) is 14.9. The SMILES string of the molecule is NCc1ccc(N)nc1.Nc1ccc(CNC(=O)N2CCC3(CC2)CC(=O)c2cc(F)ccc2C3)cn1.O=C1CC2(CCNCC2)Cc2ccc(F)cc21. The average Bonchev–Trinajstić information content (AvgIpc) is 3.17. The van der Waals surface area contributed by atoms with Gasteiger partial charge in [0.25, 0.3) is 0 Å². The summed E-state index contributed by atoms with van der Waals surface area (Å²) in [5.41, 5.74) is 21.2. The molecule has 54 heavy (non-hydrogen) atoms. The number of urea groups is 1. The van der Waals surface area contributed by atoms with Gasteiger partial charge in [0.05, 0.1) is 0 Å². The number of carbonyl (C=O) groups excluding carboxylic acids is 3. The molecule has 284 valence electrons. The van der Waals surface area contributed by atoms with Crippen LogP contribution in [0.2, 0.25) is 0 Å². The number of hydrogen-bond acceptors (Lipinski definition) is 9. The van der Waals surface area contributed by atoms with E-state index in [2.05, 4.69) is 20.6 Å². The molecule has 4 aromatic rings. The fourth-order valence-corrected chi connectivity index (χ4v) is 7.96. The first-order chi connectivity index (χ1) is 25.9. The highest BCUT2D eigenvalue weighted by molar-refractivity contribution is 5.99. The number of nitrogens with one attached hydrogen (secondary N) is 2. The first kappa shape index (κ1) is 38.5. The minimum Gasteiger partial charge on any atom is -0.384 e. The summed E-state index contributed by atoms with van der Waals surface area (Å²) in [7, 11) is 0. The van der Waals surface area contributed by atoms with Crippen LogP contribution in [0.5, 0.6) is 0 Å². The summed E-state index contributed by atoms with van der Waals surface area (Å²) in [5, 5.41) is 6.24. The Balaban J connectivity index is 0.000000161. The lowest BCUT2D eigenvalue weighted by molar-refractivity contribution is 0.0734. The van der Waals surface area contributed by atoms with Gasteiger partial charge in [0.2, 0.25) is 0 Å². The Bertz CT molecular complexity index is 1960. The van der Waals surface area contributed by atoms with Crippen molar-refractivity contribution in [2.45, 2.75) is 64.5 Å². The van der Waals surface area contributed by atoms with Crippen molar-refractivity contribution >= 4 is 29.2 Å². The number of piperidine rings is 2. The quantitative estimate of drug-likeness (QED) is 0.185. The van der Waals surface area contributed by atoms with E-state index < -0.39 is 0 Å². The predicted octanol–water partition coefficient (Wildman–Crippen LogP) is 5.37. The van der Waals surface area contributed by atoms with Gasteiger partial charge >= 0.3 is 6.03 Å². The fraction of sp³-hybridized carbons (Fsp3) is 0.390. The molecule has 2 saturated heterocycles. The normalized spacial score (nSPS) is 18.0. The Morgan fingerprint density at radius 1 is 0.722 bits per heavy atom. The van der Waals surface area contributed by atoms with Crippen molar-refractivity contribution in [1.82, 2.24) is 25.5 Å². The predicted molar refractivity (Wildman–Crippen MR) is 203 cm³/mol. The van der Waals surface area contributed by atoms with Crippen molar-refractivity contribution in [3.63, 3.8) is 0 Å². The lowest BCUT2D eigenvalue weighted by Gasteiger charge is -2.44. The van der Waals surface area contributed by atoms with Crippen LogP contribution in [0.15, 0.2) is 73.1 Å². The van der Waals surface area contributed by atoms with Gasteiger partial charge in [0, 0.05) is 62.5 Å². The van der Waals surface area contributed by atoms with E-state index in [9.17, 15) is 23.2 Å². The highest BCUT2D eigenvalue weighted by Gasteiger charge is 2.42. The van der Waals surface area contributed by atoms with Crippen LogP contribution < -0.4 is 27.8 Å². The maximum Gasteiger partial charge on any atom is 0.317 e. The molecule has 8 N–H and O–H groups in total. The zero-order valence-corrected chi connectivity index (χ0v) is 30.4. The minimum absolute atomic E-state index is 0.00880. The van der Waals surface area contributed by atoms with Gasteiger partial charge in [-0.25, -0.2) is 23.5 Å². The molecule has 0 saturated carbocycles. The number of Topliss-reactive ketones (excluding diaryl/α,β-unsaturated/α-hetero) is 2. The maximum absolute atomic E-state index is 13.4. The van der Waals surface area contributed by atoms with Crippen LogP contribution in [0, 0.1) is 22.5 Å². The third-order valence-electron chi connectivity index (χ3n) is 11.1. The molecular weight excluding hydrogens is 690 g/mol. The van der Waals surface area contributed by atoms with Crippen molar-refractivity contribution in [1.29, 1.82) is 0 Å². The number of nitrogen functional groups attached to an aromatic ring is 2. The minimum atomic E-state index is -0.370. The molecule has 0 radical (unpaired) electrons. The molecule has 0 unspecified atom stereocenters. The van der Waals surface area contributed by atoms with Crippen LogP contribution >= 0.6 is 0 Å². The molecule has 2 amide bonds. The lowest BCUT2D eigenvalue weighted by Crippen LogP contribution is -2.49. The molecule has 4 aliphatic rings. The number of nitrogens with two attached hydrogens (primary N) is 3. The summed E-state index contributed by atoms with van der Waals surface area (Å²) in [6.45, 7) is 4.11. The van der Waals surface area contributed by atoms with Crippen molar-refractivity contribution in [2.75, 3.05) is 37.6 Å². The molecule has 2 fully saturated rings. The number of carbonyl (C=O) groups is 3. The topological polar surface area (TPSA) is 182 Å². The third kappa shape index (κ3) is 9.44. The van der Waals surface area contributed by atoms with E-state index >= 15 is 0 Å². The Hall–Kier alpha value is -5.27. The molecule has 2 spiro atoms. The molecule has 2 aliphatic heterocycles. The van der Waals surface area contributed by atoms with Gasteiger partial charge in [0.1, 0.15) is 23.3 Å². The van der Waals surface area contributed by atoms with Crippen LogP contribution in [0.4, 0.5) is 25.2 Å². The number of nitrogens with zero attached hydrogens (tertiary/aromatic N) is 3. The van der Waals surface area contributed by atoms with E-state index in [0.717, 1.165) is 73.9 Å². The number of halogens is 2. The summed E-state index contributed by atoms with van der Waals surface area (Å²) < 4.78 is 26.6. The Morgan fingerprint density at radius 3 is 1.70 bits per heavy atom. The number of ketones is 2. The van der Waals surface area contributed by atoms with Gasteiger partial charge in [0.15, 0.2) is 11.6 Å². The average molecular weight is 739 g/mol. The Labute approximate surface area is 314 Å². The van der Waals surface area contributed by atoms with Crippen LogP contribution in [-0.2, 0) is 25.9 Å². The summed E-state index contributed by atoms with van der Waals surface area (Å²) >= 11 is 0. The number of pyridine rings is 2. The molecule has 11 nitrogen and oxygen atoms in total. The van der Waals surface area contributed by atoms with Gasteiger partial charge in [-0.1, -0.05) is 24.3 Å². The monoisotopic (exact) mass is 738 g/mol. The molecule has 4 heterocycles. The van der Waals surface area contributed by atoms with E-state index in [1.807, 2.05) is 12.1 Å². The Morgan fingerprint density at radius 2 is 1.22 bits per heavy atom. The lowest BCUT2D eigenvalue weighted by atomic mass is 9.66. The number of fused-ring (bicyclic) bond motifs is 2. The molecular formula is C41H48F2N8O3. The second kappa shape index (κ2) is 16.8. The van der Waals surface area contributed by atoms with Gasteiger partial charge in [-0.05, 0) is 121 Å². The van der Waals surface area contributed by atoms with E-state index in [1.54, 1.807) is 41.6 Å². The molecule has 8 rings (SSSR count). The van der Waals surface area contributed by atoms with E-state index in [-0.39, 0.29) is 40.1 Å². The number of benzene rings is 2. The van der Waals surface area contributed by atoms with Gasteiger partial charge < -0.3 is 32.7 Å². The number of likely N-dealkylation sites (tertiary alicyclic amines) is 1. The molecule has 2 aromatic carbocycles. The van der Waals surface area contributed by atoms with Crippen molar-refractivity contribution in [2.24, 2.45) is 16.6 Å². The molecule has 2 aromatic heterocycles. The van der Waals surface area contributed by atoms with E-state index in [0.29, 0.717) is 61.8 Å². The Kier molecular flexibility index (Phi) is 12.0. The summed E-state index contributed by atoms with van der Waals surface area (Å²) in [6, 6.07) is 16.2. The second-order valence-electron chi connectivity index (χ2n) is 14.9. The molecule has 2 aliphatic carbocycles. The summed E-state index contributed by atoms with van der Waals surface area (Å²) in [4.78, 5) is 46.8. The van der Waals surface area contributed by atoms with Crippen LogP contribution in [-0.4, -0.2) is 58.6 Å². The largest absolute Gasteiger partial charge is 0.384 e. The number of anilines is 2. The number of aromatic nitrogens is 2. The van der Waals surface area contributed by atoms with Gasteiger partial charge in [-0.15, -0.1) is 0 Å². The molecule has 0 atom stereocenters. The fourth-order valence-electron chi connectivity index (χ4n) is 7.96. The summed E-state index contributed by atoms with van der Waals surface area (Å²) in [6.07, 6.45) is 9.67. The highest BCUT2D eigenvalue weighted by atomic mass is 19.1.